The number of anilines is 1. The second kappa shape index (κ2) is 6.88. The van der Waals surface area contributed by atoms with Crippen LogP contribution in [0.1, 0.15) is 38.1 Å². The molecule has 112 valence electrons. The normalized spacial score (nSPS) is 17.2. The zero-order chi connectivity index (χ0) is 14.5. The Kier molecular flexibility index (Phi) is 5.17. The number of piperidine rings is 1. The summed E-state index contributed by atoms with van der Waals surface area (Å²) in [5.74, 6) is 2.50. The topological polar surface area (TPSA) is 50.3 Å². The van der Waals surface area contributed by atoms with Crippen LogP contribution < -0.4 is 10.1 Å². The summed E-state index contributed by atoms with van der Waals surface area (Å²) in [6.45, 7) is 9.21. The Morgan fingerprint density at radius 2 is 1.95 bits per heavy atom. The van der Waals surface area contributed by atoms with Gasteiger partial charge in [0, 0.05) is 26.1 Å². The van der Waals surface area contributed by atoms with Crippen LogP contribution in [0.4, 0.5) is 5.82 Å². The highest BCUT2D eigenvalue weighted by atomic mass is 16.5. The fraction of sp³-hybridized carbons (Fsp3) is 0.733. The first-order valence-electron chi connectivity index (χ1n) is 7.60. The van der Waals surface area contributed by atoms with E-state index in [-0.39, 0.29) is 6.10 Å². The number of nitrogens with one attached hydrogen (secondary N) is 1. The Labute approximate surface area is 121 Å². The number of likely N-dealkylation sites (tertiary alicyclic amines) is 1. The van der Waals surface area contributed by atoms with Gasteiger partial charge in [0.25, 0.3) is 0 Å². The predicted molar refractivity (Wildman–Crippen MR) is 81.5 cm³/mol. The van der Waals surface area contributed by atoms with Crippen molar-refractivity contribution in [3.05, 3.63) is 11.4 Å². The predicted octanol–water partition coefficient (Wildman–Crippen LogP) is 2.25. The smallest absolute Gasteiger partial charge is 0.222 e. The Morgan fingerprint density at radius 1 is 1.25 bits per heavy atom. The van der Waals surface area contributed by atoms with Gasteiger partial charge in [-0.15, -0.1) is 0 Å². The average Bonchev–Trinajstić information content (AvgIpc) is 2.45. The van der Waals surface area contributed by atoms with E-state index in [0.717, 1.165) is 62.0 Å². The van der Waals surface area contributed by atoms with Gasteiger partial charge in [0.1, 0.15) is 17.7 Å². The first-order valence-corrected chi connectivity index (χ1v) is 7.60. The summed E-state index contributed by atoms with van der Waals surface area (Å²) in [4.78, 5) is 11.4. The molecule has 0 amide bonds. The van der Waals surface area contributed by atoms with Crippen LogP contribution >= 0.6 is 0 Å². The molecule has 0 atom stereocenters. The van der Waals surface area contributed by atoms with Crippen LogP contribution in [0.25, 0.3) is 0 Å². The van der Waals surface area contributed by atoms with E-state index in [4.69, 9.17) is 4.74 Å². The number of hydrogen-bond acceptors (Lipinski definition) is 5. The van der Waals surface area contributed by atoms with E-state index >= 15 is 0 Å². The largest absolute Gasteiger partial charge is 0.474 e. The summed E-state index contributed by atoms with van der Waals surface area (Å²) < 4.78 is 6.15. The first-order chi connectivity index (χ1) is 9.63. The van der Waals surface area contributed by atoms with E-state index < -0.39 is 0 Å². The molecule has 2 rings (SSSR count). The van der Waals surface area contributed by atoms with Gasteiger partial charge in [-0.3, -0.25) is 0 Å². The summed E-state index contributed by atoms with van der Waals surface area (Å²) in [7, 11) is 2.16. The summed E-state index contributed by atoms with van der Waals surface area (Å²) in [6, 6.07) is 0. The molecule has 20 heavy (non-hydrogen) atoms. The van der Waals surface area contributed by atoms with Crippen LogP contribution in [0.2, 0.25) is 0 Å². The number of aryl methyl sites for hydroxylation is 1. The fourth-order valence-electron chi connectivity index (χ4n) is 2.41. The van der Waals surface area contributed by atoms with Crippen LogP contribution in [0.5, 0.6) is 5.88 Å². The van der Waals surface area contributed by atoms with Crippen molar-refractivity contribution in [1.29, 1.82) is 0 Å². The van der Waals surface area contributed by atoms with Crippen LogP contribution in [0, 0.1) is 6.92 Å². The molecule has 1 aliphatic rings. The standard InChI is InChI=1S/C15H26N4O/c1-5-13-17-14(16-6-2)11(3)15(18-13)20-12-7-9-19(4)10-8-12/h12H,5-10H2,1-4H3,(H,16,17,18). The lowest BCUT2D eigenvalue weighted by molar-refractivity contribution is 0.109. The number of hydrogen-bond donors (Lipinski definition) is 1. The zero-order valence-corrected chi connectivity index (χ0v) is 13.1. The molecule has 5 heteroatoms. The maximum atomic E-state index is 6.15. The Bertz CT molecular complexity index is 442. The van der Waals surface area contributed by atoms with Gasteiger partial charge in [-0.25, -0.2) is 4.98 Å². The van der Waals surface area contributed by atoms with Gasteiger partial charge < -0.3 is 15.0 Å². The minimum absolute atomic E-state index is 0.277. The number of nitrogens with zero attached hydrogens (tertiary/aromatic N) is 3. The minimum atomic E-state index is 0.277. The Hall–Kier alpha value is -1.36. The molecule has 0 radical (unpaired) electrons. The molecule has 1 aromatic rings. The molecule has 1 fully saturated rings. The fourth-order valence-corrected chi connectivity index (χ4v) is 2.41. The molecule has 0 aliphatic carbocycles. The Morgan fingerprint density at radius 3 is 2.55 bits per heavy atom. The molecule has 1 aliphatic heterocycles. The lowest BCUT2D eigenvalue weighted by Crippen LogP contribution is -2.36. The van der Waals surface area contributed by atoms with E-state index in [1.165, 1.54) is 0 Å². The zero-order valence-electron chi connectivity index (χ0n) is 13.1. The van der Waals surface area contributed by atoms with Crippen molar-refractivity contribution in [2.45, 2.75) is 46.1 Å². The quantitative estimate of drug-likeness (QED) is 0.895. The second-order valence-electron chi connectivity index (χ2n) is 5.42. The van der Waals surface area contributed by atoms with Crippen LogP contribution in [-0.2, 0) is 6.42 Å². The first kappa shape index (κ1) is 15.0. The Balaban J connectivity index is 2.15. The van der Waals surface area contributed by atoms with E-state index in [1.807, 2.05) is 6.92 Å². The van der Waals surface area contributed by atoms with Gasteiger partial charge in [0.2, 0.25) is 5.88 Å². The molecule has 0 unspecified atom stereocenters. The summed E-state index contributed by atoms with van der Waals surface area (Å²) in [5, 5.41) is 3.30. The van der Waals surface area contributed by atoms with Crippen molar-refractivity contribution in [1.82, 2.24) is 14.9 Å². The maximum absolute atomic E-state index is 6.15. The molecule has 1 saturated heterocycles. The van der Waals surface area contributed by atoms with Gasteiger partial charge in [0.15, 0.2) is 0 Å². The van der Waals surface area contributed by atoms with Crippen molar-refractivity contribution in [2.75, 3.05) is 32.0 Å². The molecular weight excluding hydrogens is 252 g/mol. The van der Waals surface area contributed by atoms with E-state index in [9.17, 15) is 0 Å². The summed E-state index contributed by atoms with van der Waals surface area (Å²) >= 11 is 0. The molecule has 1 N–H and O–H groups in total. The number of aromatic nitrogens is 2. The van der Waals surface area contributed by atoms with Crippen LogP contribution in [0.3, 0.4) is 0 Å². The average molecular weight is 278 g/mol. The maximum Gasteiger partial charge on any atom is 0.222 e. The van der Waals surface area contributed by atoms with Gasteiger partial charge in [0.05, 0.1) is 5.56 Å². The molecule has 0 bridgehead atoms. The van der Waals surface area contributed by atoms with Crippen molar-refractivity contribution in [3.8, 4) is 5.88 Å². The molecule has 0 saturated carbocycles. The van der Waals surface area contributed by atoms with E-state index in [0.29, 0.717) is 0 Å². The van der Waals surface area contributed by atoms with Gasteiger partial charge >= 0.3 is 0 Å². The third-order valence-corrected chi connectivity index (χ3v) is 3.75. The minimum Gasteiger partial charge on any atom is -0.474 e. The lowest BCUT2D eigenvalue weighted by Gasteiger charge is -2.29. The van der Waals surface area contributed by atoms with Gasteiger partial charge in [-0.2, -0.15) is 4.98 Å². The molecule has 0 aromatic carbocycles. The summed E-state index contributed by atoms with van der Waals surface area (Å²) in [5.41, 5.74) is 1.02. The number of rotatable bonds is 5. The van der Waals surface area contributed by atoms with E-state index in [2.05, 4.69) is 41.1 Å². The second-order valence-corrected chi connectivity index (χ2v) is 5.42. The van der Waals surface area contributed by atoms with E-state index in [1.54, 1.807) is 0 Å². The molecule has 1 aromatic heterocycles. The van der Waals surface area contributed by atoms with Crippen molar-refractivity contribution < 1.29 is 4.74 Å². The summed E-state index contributed by atoms with van der Waals surface area (Å²) in [6.07, 6.45) is 3.23. The van der Waals surface area contributed by atoms with Crippen LogP contribution in [0.15, 0.2) is 0 Å². The SMILES string of the molecule is CCNc1nc(CC)nc(OC2CCN(C)CC2)c1C. The molecule has 5 nitrogen and oxygen atoms in total. The highest BCUT2D eigenvalue weighted by Crippen LogP contribution is 2.25. The third kappa shape index (κ3) is 3.60. The van der Waals surface area contributed by atoms with Gasteiger partial charge in [-0.1, -0.05) is 6.92 Å². The van der Waals surface area contributed by atoms with Crippen molar-refractivity contribution in [3.63, 3.8) is 0 Å². The monoisotopic (exact) mass is 278 g/mol. The molecule has 0 spiro atoms. The number of ether oxygens (including phenoxy) is 1. The molecule has 2 heterocycles. The van der Waals surface area contributed by atoms with Crippen LogP contribution in [-0.4, -0.2) is 47.7 Å². The lowest BCUT2D eigenvalue weighted by atomic mass is 10.1. The van der Waals surface area contributed by atoms with Crippen molar-refractivity contribution >= 4 is 5.82 Å². The van der Waals surface area contributed by atoms with Crippen molar-refractivity contribution in [2.24, 2.45) is 0 Å². The highest BCUT2D eigenvalue weighted by Gasteiger charge is 2.20. The highest BCUT2D eigenvalue weighted by molar-refractivity contribution is 5.48. The van der Waals surface area contributed by atoms with Gasteiger partial charge in [-0.05, 0) is 33.7 Å². The third-order valence-electron chi connectivity index (χ3n) is 3.75. The molecular formula is C15H26N4O.